The second-order valence-corrected chi connectivity index (χ2v) is 4.58. The SMILES string of the molecule is CCCNc1cc(C(=O)NCC(C)CC)ccn1. The number of anilines is 1. The van der Waals surface area contributed by atoms with Crippen molar-refractivity contribution in [2.45, 2.75) is 33.6 Å². The molecule has 1 heterocycles. The van der Waals surface area contributed by atoms with E-state index in [1.54, 1.807) is 18.3 Å². The molecule has 0 aromatic carbocycles. The fourth-order valence-corrected chi connectivity index (χ4v) is 1.43. The van der Waals surface area contributed by atoms with Gasteiger partial charge >= 0.3 is 0 Å². The Morgan fingerprint density at radius 3 is 2.89 bits per heavy atom. The molecule has 4 heteroatoms. The van der Waals surface area contributed by atoms with Gasteiger partial charge in [-0.25, -0.2) is 4.98 Å². The van der Waals surface area contributed by atoms with Crippen LogP contribution in [0.3, 0.4) is 0 Å². The van der Waals surface area contributed by atoms with Gasteiger partial charge in [-0.3, -0.25) is 4.79 Å². The zero-order valence-electron chi connectivity index (χ0n) is 11.5. The lowest BCUT2D eigenvalue weighted by Crippen LogP contribution is -2.28. The molecule has 0 aliphatic rings. The van der Waals surface area contributed by atoms with Crippen molar-refractivity contribution in [2.75, 3.05) is 18.4 Å². The van der Waals surface area contributed by atoms with Crippen LogP contribution in [0.15, 0.2) is 18.3 Å². The van der Waals surface area contributed by atoms with Gasteiger partial charge in [0.1, 0.15) is 5.82 Å². The molecule has 2 N–H and O–H groups in total. The number of aromatic nitrogens is 1. The smallest absolute Gasteiger partial charge is 0.251 e. The van der Waals surface area contributed by atoms with Crippen LogP contribution in [0.25, 0.3) is 0 Å². The average Bonchev–Trinajstić information content (AvgIpc) is 2.42. The number of nitrogens with one attached hydrogen (secondary N) is 2. The van der Waals surface area contributed by atoms with Gasteiger partial charge in [0.05, 0.1) is 0 Å². The summed E-state index contributed by atoms with van der Waals surface area (Å²) < 4.78 is 0. The van der Waals surface area contributed by atoms with E-state index < -0.39 is 0 Å². The molecule has 1 aromatic rings. The Morgan fingerprint density at radius 1 is 1.44 bits per heavy atom. The fourth-order valence-electron chi connectivity index (χ4n) is 1.43. The third-order valence-electron chi connectivity index (χ3n) is 2.89. The van der Waals surface area contributed by atoms with Crippen LogP contribution in [-0.4, -0.2) is 24.0 Å². The van der Waals surface area contributed by atoms with Gasteiger partial charge in [0.25, 0.3) is 5.91 Å². The van der Waals surface area contributed by atoms with E-state index in [1.165, 1.54) is 0 Å². The first-order valence-electron chi connectivity index (χ1n) is 6.65. The summed E-state index contributed by atoms with van der Waals surface area (Å²) in [6.45, 7) is 7.92. The molecule has 100 valence electrons. The van der Waals surface area contributed by atoms with Gasteiger partial charge in [0, 0.05) is 24.8 Å². The van der Waals surface area contributed by atoms with Crippen LogP contribution in [0.2, 0.25) is 0 Å². The van der Waals surface area contributed by atoms with Gasteiger partial charge in [-0.1, -0.05) is 27.2 Å². The molecule has 18 heavy (non-hydrogen) atoms. The molecule has 4 nitrogen and oxygen atoms in total. The lowest BCUT2D eigenvalue weighted by atomic mass is 10.1. The van der Waals surface area contributed by atoms with Gasteiger partial charge < -0.3 is 10.6 Å². The summed E-state index contributed by atoms with van der Waals surface area (Å²) in [4.78, 5) is 16.1. The topological polar surface area (TPSA) is 54.0 Å². The average molecular weight is 249 g/mol. The quantitative estimate of drug-likeness (QED) is 0.781. The van der Waals surface area contributed by atoms with E-state index in [0.717, 1.165) is 31.7 Å². The number of amides is 1. The molecule has 0 radical (unpaired) electrons. The summed E-state index contributed by atoms with van der Waals surface area (Å²) in [5.74, 6) is 1.23. The van der Waals surface area contributed by atoms with Crippen LogP contribution in [0, 0.1) is 5.92 Å². The van der Waals surface area contributed by atoms with Crippen molar-refractivity contribution in [1.29, 1.82) is 0 Å². The largest absolute Gasteiger partial charge is 0.370 e. The van der Waals surface area contributed by atoms with Crippen molar-refractivity contribution < 1.29 is 4.79 Å². The van der Waals surface area contributed by atoms with E-state index in [1.807, 2.05) is 0 Å². The summed E-state index contributed by atoms with van der Waals surface area (Å²) in [6.07, 6.45) is 3.77. The number of hydrogen-bond acceptors (Lipinski definition) is 3. The summed E-state index contributed by atoms with van der Waals surface area (Å²) in [5, 5.41) is 6.11. The summed E-state index contributed by atoms with van der Waals surface area (Å²) in [5.41, 5.74) is 0.659. The van der Waals surface area contributed by atoms with E-state index in [0.29, 0.717) is 11.5 Å². The molecule has 0 spiro atoms. The number of carbonyl (C=O) groups excluding carboxylic acids is 1. The van der Waals surface area contributed by atoms with Crippen LogP contribution in [0.4, 0.5) is 5.82 Å². The number of hydrogen-bond donors (Lipinski definition) is 2. The molecule has 0 bridgehead atoms. The molecule has 1 unspecified atom stereocenters. The van der Waals surface area contributed by atoms with Crippen LogP contribution < -0.4 is 10.6 Å². The maximum Gasteiger partial charge on any atom is 0.251 e. The molecular weight excluding hydrogens is 226 g/mol. The molecule has 1 aromatic heterocycles. The van der Waals surface area contributed by atoms with Gasteiger partial charge in [-0.05, 0) is 24.5 Å². The van der Waals surface area contributed by atoms with E-state index in [-0.39, 0.29) is 5.91 Å². The van der Waals surface area contributed by atoms with Crippen LogP contribution in [0.1, 0.15) is 44.0 Å². The number of nitrogens with zero attached hydrogens (tertiary/aromatic N) is 1. The van der Waals surface area contributed by atoms with Crippen LogP contribution in [-0.2, 0) is 0 Å². The Labute approximate surface area is 109 Å². The van der Waals surface area contributed by atoms with Crippen LogP contribution >= 0.6 is 0 Å². The highest BCUT2D eigenvalue weighted by Gasteiger charge is 2.07. The van der Waals surface area contributed by atoms with E-state index in [4.69, 9.17) is 0 Å². The van der Waals surface area contributed by atoms with Crippen LogP contribution in [0.5, 0.6) is 0 Å². The van der Waals surface area contributed by atoms with Gasteiger partial charge in [0.15, 0.2) is 0 Å². The maximum atomic E-state index is 11.9. The molecule has 1 atom stereocenters. The van der Waals surface area contributed by atoms with Gasteiger partial charge in [-0.15, -0.1) is 0 Å². The standard InChI is InChI=1S/C14H23N3O/c1-4-7-15-13-9-12(6-8-16-13)14(18)17-10-11(3)5-2/h6,8-9,11H,4-5,7,10H2,1-3H3,(H,15,16)(H,17,18). The second-order valence-electron chi connectivity index (χ2n) is 4.58. The van der Waals surface area contributed by atoms with Gasteiger partial charge in [-0.2, -0.15) is 0 Å². The zero-order valence-corrected chi connectivity index (χ0v) is 11.5. The Kier molecular flexibility index (Phi) is 6.19. The minimum absolute atomic E-state index is 0.0303. The second kappa shape index (κ2) is 7.69. The first kappa shape index (κ1) is 14.5. The van der Waals surface area contributed by atoms with Crippen molar-refractivity contribution in [3.63, 3.8) is 0 Å². The lowest BCUT2D eigenvalue weighted by molar-refractivity contribution is 0.0948. The maximum absolute atomic E-state index is 11.9. The zero-order chi connectivity index (χ0) is 13.4. The molecule has 0 fully saturated rings. The minimum Gasteiger partial charge on any atom is -0.370 e. The Bertz CT molecular complexity index is 379. The molecular formula is C14H23N3O. The fraction of sp³-hybridized carbons (Fsp3) is 0.571. The highest BCUT2D eigenvalue weighted by Crippen LogP contribution is 2.07. The summed E-state index contributed by atoms with van der Waals surface area (Å²) >= 11 is 0. The third kappa shape index (κ3) is 4.73. The number of carbonyl (C=O) groups is 1. The molecule has 1 amide bonds. The normalized spacial score (nSPS) is 11.9. The minimum atomic E-state index is -0.0303. The molecule has 0 aliphatic carbocycles. The van der Waals surface area contributed by atoms with Crippen molar-refractivity contribution in [2.24, 2.45) is 5.92 Å². The van der Waals surface area contributed by atoms with Crippen molar-refractivity contribution >= 4 is 11.7 Å². The summed E-state index contributed by atoms with van der Waals surface area (Å²) in [6, 6.07) is 3.53. The number of rotatable bonds is 7. The van der Waals surface area contributed by atoms with Crippen molar-refractivity contribution in [3.8, 4) is 0 Å². The molecule has 0 saturated heterocycles. The lowest BCUT2D eigenvalue weighted by Gasteiger charge is -2.11. The van der Waals surface area contributed by atoms with Gasteiger partial charge in [0.2, 0.25) is 0 Å². The molecule has 1 rings (SSSR count). The Hall–Kier alpha value is -1.58. The van der Waals surface area contributed by atoms with E-state index >= 15 is 0 Å². The highest BCUT2D eigenvalue weighted by molar-refractivity contribution is 5.94. The third-order valence-corrected chi connectivity index (χ3v) is 2.89. The van der Waals surface area contributed by atoms with Crippen molar-refractivity contribution in [1.82, 2.24) is 10.3 Å². The Balaban J connectivity index is 2.56. The van der Waals surface area contributed by atoms with Crippen molar-refractivity contribution in [3.05, 3.63) is 23.9 Å². The highest BCUT2D eigenvalue weighted by atomic mass is 16.1. The monoisotopic (exact) mass is 249 g/mol. The summed E-state index contributed by atoms with van der Waals surface area (Å²) in [7, 11) is 0. The first-order valence-corrected chi connectivity index (χ1v) is 6.65. The molecule has 0 aliphatic heterocycles. The predicted octanol–water partition coefficient (Wildman–Crippen LogP) is 2.68. The number of pyridine rings is 1. The molecule has 0 saturated carbocycles. The first-order chi connectivity index (χ1) is 8.67. The Morgan fingerprint density at radius 2 is 2.22 bits per heavy atom. The predicted molar refractivity (Wildman–Crippen MR) is 74.8 cm³/mol. The van der Waals surface area contributed by atoms with E-state index in [9.17, 15) is 4.79 Å². The van der Waals surface area contributed by atoms with E-state index in [2.05, 4.69) is 36.4 Å².